The summed E-state index contributed by atoms with van der Waals surface area (Å²) in [7, 11) is 0. The molecule has 0 amide bonds. The number of alkyl halides is 1. The molecular weight excluding hydrogens is 432 g/mol. The Balaban J connectivity index is 1.79. The molecule has 0 radical (unpaired) electrons. The van der Waals surface area contributed by atoms with E-state index in [0.717, 1.165) is 18.4 Å². The van der Waals surface area contributed by atoms with Crippen LogP contribution in [0.1, 0.15) is 59.8 Å². The molecule has 0 heterocycles. The van der Waals surface area contributed by atoms with Crippen molar-refractivity contribution in [1.82, 2.24) is 0 Å². The smallest absolute Gasteiger partial charge is 0.352 e. The van der Waals surface area contributed by atoms with Crippen LogP contribution in [0.15, 0.2) is 23.8 Å². The summed E-state index contributed by atoms with van der Waals surface area (Å²) < 4.78 is 11.2. The lowest BCUT2D eigenvalue weighted by molar-refractivity contribution is -0.217. The summed E-state index contributed by atoms with van der Waals surface area (Å²) in [4.78, 5) is 37.9. The molecule has 4 rings (SSSR count). The van der Waals surface area contributed by atoms with E-state index in [2.05, 4.69) is 6.92 Å². The average molecular weight is 465 g/mol. The maximum absolute atomic E-state index is 13.4. The molecule has 176 valence electrons. The second-order valence-corrected chi connectivity index (χ2v) is 10.7. The van der Waals surface area contributed by atoms with Crippen molar-refractivity contribution in [2.75, 3.05) is 6.07 Å². The Morgan fingerprint density at radius 3 is 2.69 bits per heavy atom. The molecule has 4 aliphatic rings. The number of carbonyl (C=O) groups excluding carboxylic acids is 3. The van der Waals surface area contributed by atoms with Crippen LogP contribution < -0.4 is 0 Å². The SMILES string of the molecule is CCC(=O)O[C@@]1(C(=O)OCCl)[C@@H](C)C[C@H]2[C@@H]3CCC4=CC(=O)C=C[C@]4(C)[C@H]3[C@@H](O)C[C@@]21C. The zero-order valence-corrected chi connectivity index (χ0v) is 20.0. The Bertz CT molecular complexity index is 895. The molecule has 0 unspecified atom stereocenters. The topological polar surface area (TPSA) is 89.9 Å². The van der Waals surface area contributed by atoms with Crippen LogP contribution >= 0.6 is 11.6 Å². The summed E-state index contributed by atoms with van der Waals surface area (Å²) in [6.07, 6.45) is 7.30. The van der Waals surface area contributed by atoms with E-state index in [-0.39, 0.29) is 41.9 Å². The largest absolute Gasteiger partial charge is 0.446 e. The van der Waals surface area contributed by atoms with Gasteiger partial charge in [-0.1, -0.05) is 50.9 Å². The lowest BCUT2D eigenvalue weighted by Gasteiger charge is -2.59. The van der Waals surface area contributed by atoms with Crippen LogP contribution in [0.25, 0.3) is 0 Å². The second kappa shape index (κ2) is 7.98. The van der Waals surface area contributed by atoms with Gasteiger partial charge in [0.2, 0.25) is 5.60 Å². The quantitative estimate of drug-likeness (QED) is 0.500. The highest BCUT2D eigenvalue weighted by Crippen LogP contribution is 2.69. The molecule has 1 N–H and O–H groups in total. The number of ether oxygens (including phenoxy) is 2. The molecular formula is C25H33ClO6. The van der Waals surface area contributed by atoms with Crippen LogP contribution in [0.2, 0.25) is 0 Å². The Morgan fingerprint density at radius 2 is 2.03 bits per heavy atom. The van der Waals surface area contributed by atoms with Crippen molar-refractivity contribution in [1.29, 1.82) is 0 Å². The summed E-state index contributed by atoms with van der Waals surface area (Å²) >= 11 is 5.75. The molecule has 6 nitrogen and oxygen atoms in total. The predicted octanol–water partition coefficient (Wildman–Crippen LogP) is 3.94. The number of aliphatic hydroxyl groups excluding tert-OH is 1. The molecule has 0 aromatic rings. The molecule has 0 aromatic heterocycles. The van der Waals surface area contributed by atoms with E-state index in [1.54, 1.807) is 19.1 Å². The van der Waals surface area contributed by atoms with Crippen LogP contribution in [-0.4, -0.2) is 40.6 Å². The van der Waals surface area contributed by atoms with Crippen LogP contribution in [0.5, 0.6) is 0 Å². The molecule has 4 aliphatic carbocycles. The number of halogens is 1. The zero-order valence-electron chi connectivity index (χ0n) is 19.2. The molecule has 0 aromatic carbocycles. The highest BCUT2D eigenvalue weighted by atomic mass is 35.5. The number of carbonyl (C=O) groups is 3. The maximum Gasteiger partial charge on any atom is 0.352 e. The third-order valence-electron chi connectivity index (χ3n) is 9.09. The molecule has 0 aliphatic heterocycles. The molecule has 0 spiro atoms. The number of esters is 2. The minimum absolute atomic E-state index is 0.00475. The van der Waals surface area contributed by atoms with Crippen molar-refractivity contribution >= 4 is 29.3 Å². The van der Waals surface area contributed by atoms with E-state index in [9.17, 15) is 19.5 Å². The van der Waals surface area contributed by atoms with Gasteiger partial charge in [0.15, 0.2) is 11.8 Å². The van der Waals surface area contributed by atoms with Crippen molar-refractivity contribution < 1.29 is 29.0 Å². The highest BCUT2D eigenvalue weighted by Gasteiger charge is 2.73. The number of hydrogen-bond donors (Lipinski definition) is 1. The van der Waals surface area contributed by atoms with Gasteiger partial charge in [-0.15, -0.1) is 0 Å². The number of ketones is 1. The lowest BCUT2D eigenvalue weighted by atomic mass is 9.46. The van der Waals surface area contributed by atoms with Crippen molar-refractivity contribution in [3.8, 4) is 0 Å². The predicted molar refractivity (Wildman–Crippen MR) is 118 cm³/mol. The van der Waals surface area contributed by atoms with Gasteiger partial charge in [0.1, 0.15) is 0 Å². The van der Waals surface area contributed by atoms with E-state index < -0.39 is 34.5 Å². The molecule has 32 heavy (non-hydrogen) atoms. The monoisotopic (exact) mass is 464 g/mol. The Kier molecular flexibility index (Phi) is 5.86. The molecule has 0 saturated heterocycles. The molecule has 0 bridgehead atoms. The third kappa shape index (κ3) is 3.05. The van der Waals surface area contributed by atoms with Crippen molar-refractivity contribution in [3.63, 3.8) is 0 Å². The number of hydrogen-bond acceptors (Lipinski definition) is 6. The molecule has 3 saturated carbocycles. The van der Waals surface area contributed by atoms with Gasteiger partial charge in [-0.05, 0) is 49.7 Å². The van der Waals surface area contributed by atoms with E-state index in [4.69, 9.17) is 21.1 Å². The summed E-state index contributed by atoms with van der Waals surface area (Å²) in [6, 6.07) is -0.322. The van der Waals surface area contributed by atoms with Crippen molar-refractivity contribution in [2.45, 2.75) is 71.5 Å². The van der Waals surface area contributed by atoms with Gasteiger partial charge in [0, 0.05) is 29.1 Å². The molecule has 7 heteroatoms. The highest BCUT2D eigenvalue weighted by molar-refractivity contribution is 6.17. The Hall–Kier alpha value is -1.66. The van der Waals surface area contributed by atoms with E-state index in [1.165, 1.54) is 0 Å². The van der Waals surface area contributed by atoms with E-state index in [0.29, 0.717) is 12.8 Å². The van der Waals surface area contributed by atoms with Gasteiger partial charge in [-0.3, -0.25) is 9.59 Å². The molecule has 3 fully saturated rings. The minimum atomic E-state index is -1.49. The van der Waals surface area contributed by atoms with Crippen LogP contribution in [0.3, 0.4) is 0 Å². The van der Waals surface area contributed by atoms with Crippen molar-refractivity contribution in [2.24, 2.45) is 34.5 Å². The number of rotatable bonds is 4. The van der Waals surface area contributed by atoms with E-state index in [1.807, 2.05) is 19.9 Å². The van der Waals surface area contributed by atoms with Gasteiger partial charge < -0.3 is 14.6 Å². The number of fused-ring (bicyclic) bond motifs is 5. The summed E-state index contributed by atoms with van der Waals surface area (Å²) in [5, 5.41) is 11.5. The first kappa shape index (κ1) is 23.5. The van der Waals surface area contributed by atoms with E-state index >= 15 is 0 Å². The standard InChI is InChI=1S/C25H33ClO6/c1-5-20(29)32-25(22(30)31-13-26)14(2)10-18-17-7-6-15-11-16(27)8-9-23(15,3)21(17)19(28)12-24(18,25)4/h8-9,11,14,17-19,21,28H,5-7,10,12-13H2,1-4H3/t14-,17-,18-,19-,21+,23-,24-,25+/m0/s1. The first-order chi connectivity index (χ1) is 15.0. The van der Waals surface area contributed by atoms with Crippen LogP contribution in [-0.2, 0) is 23.9 Å². The second-order valence-electron chi connectivity index (χ2n) is 10.5. The fourth-order valence-electron chi connectivity index (χ4n) is 7.75. The van der Waals surface area contributed by atoms with Gasteiger partial charge in [-0.25, -0.2) is 4.79 Å². The maximum atomic E-state index is 13.4. The normalized spacial score (nSPS) is 44.8. The zero-order chi connectivity index (χ0) is 23.5. The Morgan fingerprint density at radius 1 is 1.31 bits per heavy atom. The third-order valence-corrected chi connectivity index (χ3v) is 9.20. The van der Waals surface area contributed by atoms with Gasteiger partial charge >= 0.3 is 11.9 Å². The first-order valence-electron chi connectivity index (χ1n) is 11.6. The summed E-state index contributed by atoms with van der Waals surface area (Å²) in [5.74, 6) is -1.25. The Labute approximate surface area is 194 Å². The summed E-state index contributed by atoms with van der Waals surface area (Å²) in [5.41, 5.74) is -1.60. The first-order valence-corrected chi connectivity index (χ1v) is 12.2. The van der Waals surface area contributed by atoms with Gasteiger partial charge in [-0.2, -0.15) is 0 Å². The fraction of sp³-hybridized carbons (Fsp3) is 0.720. The number of allylic oxidation sites excluding steroid dienone is 4. The molecule has 8 atom stereocenters. The fourth-order valence-corrected chi connectivity index (χ4v) is 7.84. The average Bonchev–Trinajstić information content (AvgIpc) is 2.95. The van der Waals surface area contributed by atoms with Gasteiger partial charge in [0.05, 0.1) is 6.10 Å². The summed E-state index contributed by atoms with van der Waals surface area (Å²) in [6.45, 7) is 7.70. The minimum Gasteiger partial charge on any atom is -0.446 e. The van der Waals surface area contributed by atoms with Gasteiger partial charge in [0.25, 0.3) is 0 Å². The van der Waals surface area contributed by atoms with Crippen molar-refractivity contribution in [3.05, 3.63) is 23.8 Å². The van der Waals surface area contributed by atoms with Crippen LogP contribution in [0.4, 0.5) is 0 Å². The number of aliphatic hydroxyl groups is 1. The van der Waals surface area contributed by atoms with Crippen LogP contribution in [0, 0.1) is 34.5 Å². The lowest BCUT2D eigenvalue weighted by Crippen LogP contribution is -2.64.